The minimum Gasteiger partial charge on any atom is -0.309 e. The van der Waals surface area contributed by atoms with Crippen molar-refractivity contribution in [2.24, 2.45) is 0 Å². The summed E-state index contributed by atoms with van der Waals surface area (Å²) in [4.78, 5) is 10.6. The van der Waals surface area contributed by atoms with Crippen molar-refractivity contribution >= 4 is 54.4 Å². The Kier molecular flexibility index (Phi) is 7.82. The third-order valence-electron chi connectivity index (χ3n) is 11.9. The van der Waals surface area contributed by atoms with E-state index in [-0.39, 0.29) is 0 Å². The molecule has 0 aliphatic rings. The average molecular weight is 765 g/mol. The molecule has 280 valence electrons. The van der Waals surface area contributed by atoms with E-state index in [0.29, 0.717) is 5.82 Å². The Hall–Kier alpha value is -8.08. The Morgan fingerprint density at radius 2 is 0.783 bits per heavy atom. The predicted octanol–water partition coefficient (Wildman–Crippen LogP) is 14.5. The second-order valence-corrected chi connectivity index (χ2v) is 15.4. The van der Waals surface area contributed by atoms with Gasteiger partial charge in [-0.15, -0.1) is 0 Å². The van der Waals surface area contributed by atoms with E-state index in [4.69, 9.17) is 9.97 Å². The highest BCUT2D eigenvalue weighted by atomic mass is 15.0. The zero-order chi connectivity index (χ0) is 39.6. The molecular formula is C56H36N4. The highest BCUT2D eigenvalue weighted by molar-refractivity contribution is 6.19. The van der Waals surface area contributed by atoms with Crippen LogP contribution < -0.4 is 0 Å². The van der Waals surface area contributed by atoms with Gasteiger partial charge in [0.15, 0.2) is 5.82 Å². The van der Waals surface area contributed by atoms with Crippen LogP contribution in [0.15, 0.2) is 218 Å². The summed E-state index contributed by atoms with van der Waals surface area (Å²) in [5.74, 6) is 0.690. The molecule has 4 heteroatoms. The molecule has 9 aromatic carbocycles. The van der Waals surface area contributed by atoms with Crippen LogP contribution in [0, 0.1) is 0 Å². The lowest BCUT2D eigenvalue weighted by molar-refractivity contribution is 1.16. The van der Waals surface area contributed by atoms with Gasteiger partial charge in [-0.2, -0.15) is 0 Å². The normalized spacial score (nSPS) is 11.7. The van der Waals surface area contributed by atoms with E-state index in [1.807, 2.05) is 12.1 Å². The molecule has 0 aliphatic carbocycles. The summed E-state index contributed by atoms with van der Waals surface area (Å²) in [6.45, 7) is 0. The monoisotopic (exact) mass is 764 g/mol. The fourth-order valence-corrected chi connectivity index (χ4v) is 9.13. The maximum atomic E-state index is 5.31. The topological polar surface area (TPSA) is 35.6 Å². The minimum atomic E-state index is 0.690. The van der Waals surface area contributed by atoms with Gasteiger partial charge in [0.2, 0.25) is 0 Å². The fraction of sp³-hybridized carbons (Fsp3) is 0. The fourth-order valence-electron chi connectivity index (χ4n) is 9.13. The molecule has 0 N–H and O–H groups in total. The third kappa shape index (κ3) is 5.53. The van der Waals surface area contributed by atoms with Crippen LogP contribution in [-0.2, 0) is 0 Å². The first-order valence-electron chi connectivity index (χ1n) is 20.4. The van der Waals surface area contributed by atoms with Gasteiger partial charge in [-0.05, 0) is 76.5 Å². The van der Waals surface area contributed by atoms with Crippen molar-refractivity contribution in [3.8, 4) is 56.4 Å². The van der Waals surface area contributed by atoms with Crippen molar-refractivity contribution in [2.45, 2.75) is 0 Å². The molecule has 0 amide bonds. The number of aromatic nitrogens is 4. The van der Waals surface area contributed by atoms with Gasteiger partial charge in [0, 0.05) is 49.6 Å². The van der Waals surface area contributed by atoms with Crippen molar-refractivity contribution < 1.29 is 0 Å². The maximum absolute atomic E-state index is 5.31. The number of para-hydroxylation sites is 2. The van der Waals surface area contributed by atoms with E-state index in [1.165, 1.54) is 38.2 Å². The molecule has 0 fully saturated rings. The predicted molar refractivity (Wildman–Crippen MR) is 250 cm³/mol. The number of hydrogen-bond acceptors (Lipinski definition) is 2. The Morgan fingerprint density at radius 3 is 1.40 bits per heavy atom. The van der Waals surface area contributed by atoms with Gasteiger partial charge in [0.1, 0.15) is 0 Å². The first kappa shape index (κ1) is 34.0. The van der Waals surface area contributed by atoms with Crippen LogP contribution in [0.3, 0.4) is 0 Å². The molecule has 0 bridgehead atoms. The van der Waals surface area contributed by atoms with E-state index >= 15 is 0 Å². The average Bonchev–Trinajstić information content (AvgIpc) is 3.83. The van der Waals surface area contributed by atoms with Crippen LogP contribution in [0.4, 0.5) is 0 Å². The standard InChI is InChI=1S/C56H36N4/c1-4-17-37(18-5-1)40-24-16-25-42(31-40)59-52-29-14-12-27-45(52)47-34-48-46-28-13-15-30-53(46)60(55(48)36-54(47)59)43-32-41-23-10-11-26-44(41)49(33-43)56-57-50(38-19-6-2-7-20-38)35-51(58-56)39-21-8-3-9-22-39/h1-36H. The lowest BCUT2D eigenvalue weighted by Gasteiger charge is -2.15. The van der Waals surface area contributed by atoms with Crippen LogP contribution in [-0.4, -0.2) is 19.1 Å². The zero-order valence-corrected chi connectivity index (χ0v) is 32.6. The molecule has 60 heavy (non-hydrogen) atoms. The van der Waals surface area contributed by atoms with Crippen molar-refractivity contribution in [3.05, 3.63) is 218 Å². The molecule has 12 aromatic rings. The molecule has 0 aliphatic heterocycles. The molecule has 0 saturated heterocycles. The highest BCUT2D eigenvalue weighted by Gasteiger charge is 2.21. The zero-order valence-electron chi connectivity index (χ0n) is 32.6. The lowest BCUT2D eigenvalue weighted by atomic mass is 10.0. The molecule has 0 radical (unpaired) electrons. The van der Waals surface area contributed by atoms with Crippen molar-refractivity contribution in [1.29, 1.82) is 0 Å². The van der Waals surface area contributed by atoms with Gasteiger partial charge in [-0.3, -0.25) is 0 Å². The molecule has 3 heterocycles. The summed E-state index contributed by atoms with van der Waals surface area (Å²) < 4.78 is 4.86. The summed E-state index contributed by atoms with van der Waals surface area (Å²) in [7, 11) is 0. The van der Waals surface area contributed by atoms with Crippen LogP contribution in [0.25, 0.3) is 111 Å². The van der Waals surface area contributed by atoms with E-state index in [1.54, 1.807) is 0 Å². The summed E-state index contributed by atoms with van der Waals surface area (Å²) in [6.07, 6.45) is 0. The second-order valence-electron chi connectivity index (χ2n) is 15.4. The minimum absolute atomic E-state index is 0.690. The molecule has 12 rings (SSSR count). The lowest BCUT2D eigenvalue weighted by Crippen LogP contribution is -2.00. The number of rotatable bonds is 6. The molecule has 0 spiro atoms. The number of benzene rings is 9. The third-order valence-corrected chi connectivity index (χ3v) is 11.9. The number of nitrogens with zero attached hydrogens (tertiary/aromatic N) is 4. The van der Waals surface area contributed by atoms with Crippen LogP contribution in [0.5, 0.6) is 0 Å². The molecule has 0 saturated carbocycles. The Morgan fingerprint density at radius 1 is 0.283 bits per heavy atom. The van der Waals surface area contributed by atoms with E-state index in [2.05, 4.69) is 215 Å². The first-order chi connectivity index (χ1) is 29.7. The largest absolute Gasteiger partial charge is 0.309 e. The van der Waals surface area contributed by atoms with Crippen molar-refractivity contribution in [1.82, 2.24) is 19.1 Å². The maximum Gasteiger partial charge on any atom is 0.161 e. The van der Waals surface area contributed by atoms with E-state index in [0.717, 1.165) is 66.8 Å². The van der Waals surface area contributed by atoms with Gasteiger partial charge >= 0.3 is 0 Å². The van der Waals surface area contributed by atoms with Crippen molar-refractivity contribution in [2.75, 3.05) is 0 Å². The Bertz CT molecular complexity index is 3530. The summed E-state index contributed by atoms with van der Waals surface area (Å²) in [5, 5.41) is 7.10. The van der Waals surface area contributed by atoms with E-state index in [9.17, 15) is 0 Å². The molecule has 4 nitrogen and oxygen atoms in total. The number of fused-ring (bicyclic) bond motifs is 7. The molecular weight excluding hydrogens is 729 g/mol. The van der Waals surface area contributed by atoms with Crippen LogP contribution >= 0.6 is 0 Å². The molecule has 0 atom stereocenters. The van der Waals surface area contributed by atoms with Gasteiger partial charge in [-0.1, -0.05) is 164 Å². The summed E-state index contributed by atoms with van der Waals surface area (Å²) >= 11 is 0. The van der Waals surface area contributed by atoms with Gasteiger partial charge in [0.05, 0.1) is 33.5 Å². The summed E-state index contributed by atoms with van der Waals surface area (Å²) in [6, 6.07) is 78.0. The van der Waals surface area contributed by atoms with Gasteiger partial charge < -0.3 is 9.13 Å². The second kappa shape index (κ2) is 13.8. The molecule has 3 aromatic heterocycles. The molecule has 0 unspecified atom stereocenters. The quantitative estimate of drug-likeness (QED) is 0.169. The Labute approximate surface area is 346 Å². The summed E-state index contributed by atoms with van der Waals surface area (Å²) in [5.41, 5.74) is 14.0. The highest BCUT2D eigenvalue weighted by Crippen LogP contribution is 2.42. The van der Waals surface area contributed by atoms with Gasteiger partial charge in [-0.25, -0.2) is 9.97 Å². The van der Waals surface area contributed by atoms with E-state index < -0.39 is 0 Å². The first-order valence-corrected chi connectivity index (χ1v) is 20.4. The SMILES string of the molecule is c1ccc(-c2cccc(-n3c4ccccc4c4cc5c6ccccc6n(-c6cc(-c7nc(-c8ccccc8)cc(-c8ccccc8)n7)c7ccccc7c6)c5cc43)c2)cc1. The van der Waals surface area contributed by atoms with Crippen molar-refractivity contribution in [3.63, 3.8) is 0 Å². The smallest absolute Gasteiger partial charge is 0.161 e. The van der Waals surface area contributed by atoms with Crippen LogP contribution in [0.1, 0.15) is 0 Å². The number of hydrogen-bond donors (Lipinski definition) is 0. The van der Waals surface area contributed by atoms with Gasteiger partial charge in [0.25, 0.3) is 0 Å². The Balaban J connectivity index is 1.14. The van der Waals surface area contributed by atoms with Crippen LogP contribution in [0.2, 0.25) is 0 Å².